The molecule has 4 aromatic heterocycles. The number of likely N-dealkylation sites (tertiary alicyclic amines) is 2. The third-order valence-corrected chi connectivity index (χ3v) is 21.6. The topological polar surface area (TPSA) is 186 Å². The van der Waals surface area contributed by atoms with Crippen molar-refractivity contribution in [3.63, 3.8) is 0 Å². The van der Waals surface area contributed by atoms with Gasteiger partial charge < -0.3 is 34.7 Å². The first kappa shape index (κ1) is 58.6. The van der Waals surface area contributed by atoms with Gasteiger partial charge in [-0.3, -0.25) is 9.80 Å². The second-order valence-electron chi connectivity index (χ2n) is 29.7. The number of imidazole rings is 4. The number of H-pyrrole nitrogens is 4. The monoisotopic (exact) mass is 1210 g/mol. The standard InChI is InChI=1S/C42H52N6O4.C33H37N5/c1-41(2,3)51-39(49)47-31-20-19-30(21-31)36(47)38-44-24-33(46-38)28-17-13-26(14-18-28)25-11-15-27(16-12-25)32-23-43-37(45-32)35-22-29-9-7-8-10-34(29)48(35)40(50)52-42(4,5)6;1-2-4-25-16-27(15-24(25)3-1)32-34-18-29(37-32)22-9-5-20(6-10-22)21-7-11-23(12-8-21)30-19-35-33(38-30)31-26-13-14-28(17-26)36-31/h11-18,23-24,29-31,34-36H,7-10,19-22H2,1-6H3,(H,43,45)(H,44,46);5-12,18-19,24-28,31,36H,1-4,13-17H2,(H,34,37)(H,35,38)/t29?,30?,31?,34?,35-,36-;24?,25?,26?,27?,28?,31-/m00/s1. The van der Waals surface area contributed by atoms with Gasteiger partial charge in [-0.2, -0.15) is 0 Å². The van der Waals surface area contributed by atoms with Gasteiger partial charge in [-0.25, -0.2) is 29.5 Å². The van der Waals surface area contributed by atoms with E-state index in [0.29, 0.717) is 29.8 Å². The molecular weight excluding hydrogens is 1120 g/mol. The van der Waals surface area contributed by atoms with Crippen LogP contribution in [-0.4, -0.2) is 91.2 Å². The third kappa shape index (κ3) is 11.8. The number of hydrogen-bond donors (Lipinski definition) is 5. The van der Waals surface area contributed by atoms with Crippen LogP contribution >= 0.6 is 0 Å². The number of carbonyl (C=O) groups is 2. The summed E-state index contributed by atoms with van der Waals surface area (Å²) in [6.07, 6.45) is 28.2. The van der Waals surface area contributed by atoms with E-state index >= 15 is 0 Å². The van der Waals surface area contributed by atoms with Crippen molar-refractivity contribution in [2.75, 3.05) is 0 Å². The van der Waals surface area contributed by atoms with Crippen molar-refractivity contribution in [2.24, 2.45) is 29.6 Å². The van der Waals surface area contributed by atoms with Gasteiger partial charge in [0.2, 0.25) is 0 Å². The first-order chi connectivity index (χ1) is 43.6. The van der Waals surface area contributed by atoms with Crippen molar-refractivity contribution >= 4 is 12.2 Å². The number of aromatic amines is 4. The summed E-state index contributed by atoms with van der Waals surface area (Å²) in [4.78, 5) is 64.1. The number of hydrogen-bond acceptors (Lipinski definition) is 9. The average molecular weight is 1210 g/mol. The number of benzene rings is 4. The van der Waals surface area contributed by atoms with Crippen LogP contribution < -0.4 is 5.32 Å². The molecule has 8 fully saturated rings. The van der Waals surface area contributed by atoms with Crippen molar-refractivity contribution in [1.29, 1.82) is 0 Å². The molecule has 15 heteroatoms. The fraction of sp³-hybridized carbons (Fsp3) is 0.493. The normalized spacial score (nSPS) is 27.6. The van der Waals surface area contributed by atoms with E-state index in [0.717, 1.165) is 125 Å². The summed E-state index contributed by atoms with van der Waals surface area (Å²) in [5.41, 5.74) is 12.2. The molecule has 4 bridgehead atoms. The van der Waals surface area contributed by atoms with E-state index in [-0.39, 0.29) is 36.4 Å². The molecule has 8 unspecified atom stereocenters. The Labute approximate surface area is 529 Å². The lowest BCUT2D eigenvalue weighted by Gasteiger charge is -2.35. The van der Waals surface area contributed by atoms with Crippen molar-refractivity contribution in [3.8, 4) is 67.3 Å². The van der Waals surface area contributed by atoms with Crippen molar-refractivity contribution < 1.29 is 19.1 Å². The highest BCUT2D eigenvalue weighted by Gasteiger charge is 2.52. The number of aromatic nitrogens is 8. The number of ether oxygens (including phenoxy) is 2. The van der Waals surface area contributed by atoms with Gasteiger partial charge in [0.15, 0.2) is 0 Å². The summed E-state index contributed by atoms with van der Waals surface area (Å²) in [5.74, 6) is 8.06. The fourth-order valence-corrected chi connectivity index (χ4v) is 17.3. The predicted octanol–water partition coefficient (Wildman–Crippen LogP) is 17.5. The molecule has 0 spiro atoms. The zero-order chi connectivity index (χ0) is 61.4. The average Bonchev–Trinajstić information content (AvgIpc) is 2.15. The summed E-state index contributed by atoms with van der Waals surface area (Å²) >= 11 is 0. The Bertz CT molecular complexity index is 3810. The Morgan fingerprint density at radius 3 is 1.33 bits per heavy atom. The lowest BCUT2D eigenvalue weighted by molar-refractivity contribution is 0.00592. The van der Waals surface area contributed by atoms with Gasteiger partial charge in [0.1, 0.15) is 34.5 Å². The fourth-order valence-electron chi connectivity index (χ4n) is 17.3. The zero-order valence-corrected chi connectivity index (χ0v) is 53.3. The van der Waals surface area contributed by atoms with Crippen LogP contribution in [0.5, 0.6) is 0 Å². The van der Waals surface area contributed by atoms with Gasteiger partial charge in [-0.15, -0.1) is 0 Å². The molecule has 8 aromatic rings. The molecule has 90 heavy (non-hydrogen) atoms. The van der Waals surface area contributed by atoms with E-state index in [9.17, 15) is 9.59 Å². The summed E-state index contributed by atoms with van der Waals surface area (Å²) in [5, 5.41) is 3.74. The van der Waals surface area contributed by atoms with Gasteiger partial charge in [0, 0.05) is 24.0 Å². The lowest BCUT2D eigenvalue weighted by Crippen LogP contribution is -2.43. The summed E-state index contributed by atoms with van der Waals surface area (Å²) in [6, 6.07) is 36.0. The van der Waals surface area contributed by atoms with Crippen molar-refractivity contribution in [1.82, 2.24) is 55.0 Å². The number of fused-ring (bicyclic) bond motifs is 6. The van der Waals surface area contributed by atoms with E-state index < -0.39 is 11.2 Å². The lowest BCUT2D eigenvalue weighted by atomic mass is 9.82. The Hall–Kier alpha value is -7.78. The van der Waals surface area contributed by atoms with E-state index in [1.54, 1.807) is 0 Å². The number of piperidine rings is 2. The molecule has 0 radical (unpaired) electrons. The molecule has 5 saturated carbocycles. The molecule has 3 saturated heterocycles. The van der Waals surface area contributed by atoms with Gasteiger partial charge >= 0.3 is 12.2 Å². The first-order valence-corrected chi connectivity index (χ1v) is 34.0. The maximum absolute atomic E-state index is 13.4. The highest BCUT2D eigenvalue weighted by molar-refractivity contribution is 5.74. The van der Waals surface area contributed by atoms with Crippen molar-refractivity contribution in [3.05, 3.63) is 145 Å². The van der Waals surface area contributed by atoms with Gasteiger partial charge in [0.25, 0.3) is 0 Å². The predicted molar refractivity (Wildman–Crippen MR) is 352 cm³/mol. The Balaban J connectivity index is 0.000000157. The van der Waals surface area contributed by atoms with Gasteiger partial charge in [-0.05, 0) is 186 Å². The molecule has 5 N–H and O–H groups in total. The summed E-state index contributed by atoms with van der Waals surface area (Å²) in [7, 11) is 0. The number of rotatable bonds is 10. The summed E-state index contributed by atoms with van der Waals surface area (Å²) < 4.78 is 11.7. The molecule has 5 aliphatic carbocycles. The van der Waals surface area contributed by atoms with Crippen LogP contribution in [0.3, 0.4) is 0 Å². The minimum atomic E-state index is -0.546. The van der Waals surface area contributed by atoms with Crippen LogP contribution in [0.25, 0.3) is 67.3 Å². The van der Waals surface area contributed by atoms with Crippen LogP contribution in [0, 0.1) is 29.6 Å². The molecule has 468 valence electrons. The number of nitrogens with zero attached hydrogens (tertiary/aromatic N) is 6. The molecule has 8 aliphatic rings. The largest absolute Gasteiger partial charge is 0.444 e. The molecule has 7 heterocycles. The number of nitrogens with one attached hydrogen (secondary N) is 5. The van der Waals surface area contributed by atoms with E-state index in [1.807, 2.05) is 76.1 Å². The highest BCUT2D eigenvalue weighted by Crippen LogP contribution is 2.52. The van der Waals surface area contributed by atoms with Gasteiger partial charge in [0.05, 0.1) is 65.7 Å². The number of carbonyl (C=O) groups excluding carboxylic acids is 2. The Kier molecular flexibility index (Phi) is 15.5. The summed E-state index contributed by atoms with van der Waals surface area (Å²) in [6.45, 7) is 11.5. The molecular formula is C75H89N11O4. The van der Waals surface area contributed by atoms with Crippen LogP contribution in [0.15, 0.2) is 122 Å². The quantitative estimate of drug-likeness (QED) is 0.0888. The molecule has 16 rings (SSSR count). The van der Waals surface area contributed by atoms with E-state index in [1.165, 1.54) is 92.3 Å². The van der Waals surface area contributed by atoms with Crippen LogP contribution in [0.2, 0.25) is 0 Å². The van der Waals surface area contributed by atoms with E-state index in [4.69, 9.17) is 29.4 Å². The zero-order valence-electron chi connectivity index (χ0n) is 53.3. The molecule has 11 atom stereocenters. The Morgan fingerprint density at radius 2 is 0.833 bits per heavy atom. The minimum absolute atomic E-state index is 0.0858. The second-order valence-corrected chi connectivity index (χ2v) is 29.7. The molecule has 3 aliphatic heterocycles. The SMILES string of the molecule is CC(C)(C)OC(=O)N1C2CCC(C2)[C@H]1c1ncc(-c2ccc(-c3ccc(-c4cnc([C@@H]5CC6CCCCC6N5C(=O)OC(C)(C)C)[nH]4)cc3)cc2)[nH]1.c1cc(-c2cnc(C3CC4CCCCC4C3)[nH]2)ccc1-c1ccc(-c2cnc([C@H]3NC4CCC3C4)[nH]2)cc1. The molecule has 2 amide bonds. The highest BCUT2D eigenvalue weighted by atomic mass is 16.6. The van der Waals surface area contributed by atoms with Crippen LogP contribution in [-0.2, 0) is 9.47 Å². The molecule has 15 nitrogen and oxygen atoms in total. The van der Waals surface area contributed by atoms with Crippen LogP contribution in [0.4, 0.5) is 9.59 Å². The minimum Gasteiger partial charge on any atom is -0.444 e. The van der Waals surface area contributed by atoms with Crippen molar-refractivity contribution in [2.45, 2.75) is 204 Å². The second kappa shape index (κ2) is 23.8. The Morgan fingerprint density at radius 1 is 0.411 bits per heavy atom. The van der Waals surface area contributed by atoms with Gasteiger partial charge in [-0.1, -0.05) is 136 Å². The third-order valence-electron chi connectivity index (χ3n) is 21.6. The van der Waals surface area contributed by atoms with E-state index in [2.05, 4.69) is 122 Å². The smallest absolute Gasteiger partial charge is 0.411 e. The first-order valence-electron chi connectivity index (χ1n) is 34.0. The maximum Gasteiger partial charge on any atom is 0.411 e. The molecule has 4 aromatic carbocycles. The maximum atomic E-state index is 13.4. The van der Waals surface area contributed by atoms with Crippen LogP contribution in [0.1, 0.15) is 198 Å². The number of amides is 2.